The number of rotatable bonds is 6. The Labute approximate surface area is 172 Å². The minimum atomic E-state index is -0.628. The number of furan rings is 1. The molecule has 0 atom stereocenters. The fourth-order valence-corrected chi connectivity index (χ4v) is 3.10. The van der Waals surface area contributed by atoms with Gasteiger partial charge >= 0.3 is 5.97 Å². The number of nitrogens with zero attached hydrogens (tertiary/aromatic N) is 1. The van der Waals surface area contributed by atoms with Crippen LogP contribution in [0.5, 0.6) is 17.2 Å². The molecule has 0 amide bonds. The SMILES string of the molecule is COc1ccc(-c2c(C)noc2-c2ccc(OC)cc2OC(=O)c2ccco2)cc1. The summed E-state index contributed by atoms with van der Waals surface area (Å²) in [5, 5.41) is 4.13. The predicted molar refractivity (Wildman–Crippen MR) is 109 cm³/mol. The molecule has 152 valence electrons. The number of hydrogen-bond donors (Lipinski definition) is 0. The molecule has 0 saturated heterocycles. The molecule has 4 rings (SSSR count). The molecular formula is C23H19NO6. The number of esters is 1. The zero-order chi connectivity index (χ0) is 21.1. The maximum absolute atomic E-state index is 12.5. The van der Waals surface area contributed by atoms with Gasteiger partial charge in [-0.25, -0.2) is 4.79 Å². The van der Waals surface area contributed by atoms with Crippen molar-refractivity contribution in [1.82, 2.24) is 5.16 Å². The van der Waals surface area contributed by atoms with Gasteiger partial charge in [-0.15, -0.1) is 0 Å². The third-order valence-electron chi connectivity index (χ3n) is 4.60. The predicted octanol–water partition coefficient (Wildman–Crippen LogP) is 5.15. The molecule has 0 saturated carbocycles. The number of methoxy groups -OCH3 is 2. The summed E-state index contributed by atoms with van der Waals surface area (Å²) in [6, 6.07) is 15.8. The van der Waals surface area contributed by atoms with Crippen LogP contribution in [0.4, 0.5) is 0 Å². The van der Waals surface area contributed by atoms with Crippen LogP contribution in [0, 0.1) is 6.92 Å². The van der Waals surface area contributed by atoms with E-state index in [4.69, 9.17) is 23.2 Å². The number of aromatic nitrogens is 1. The largest absolute Gasteiger partial charge is 0.497 e. The first-order chi connectivity index (χ1) is 14.6. The van der Waals surface area contributed by atoms with Gasteiger partial charge in [-0.05, 0) is 48.9 Å². The second-order valence-electron chi connectivity index (χ2n) is 6.43. The van der Waals surface area contributed by atoms with Crippen molar-refractivity contribution in [1.29, 1.82) is 0 Å². The molecule has 0 unspecified atom stereocenters. The van der Waals surface area contributed by atoms with Gasteiger partial charge in [0.1, 0.15) is 17.2 Å². The Balaban J connectivity index is 1.80. The number of benzene rings is 2. The molecule has 0 aliphatic carbocycles. The van der Waals surface area contributed by atoms with Gasteiger partial charge in [0.25, 0.3) is 0 Å². The number of carbonyl (C=O) groups excluding carboxylic acids is 1. The van der Waals surface area contributed by atoms with Crippen molar-refractivity contribution in [2.45, 2.75) is 6.92 Å². The third-order valence-corrected chi connectivity index (χ3v) is 4.60. The van der Waals surface area contributed by atoms with Crippen molar-refractivity contribution in [3.05, 3.63) is 72.3 Å². The van der Waals surface area contributed by atoms with E-state index >= 15 is 0 Å². The zero-order valence-electron chi connectivity index (χ0n) is 16.7. The highest BCUT2D eigenvalue weighted by molar-refractivity contribution is 5.91. The molecule has 7 nitrogen and oxygen atoms in total. The third kappa shape index (κ3) is 3.65. The molecule has 0 bridgehead atoms. The van der Waals surface area contributed by atoms with Crippen molar-refractivity contribution < 1.29 is 27.9 Å². The zero-order valence-corrected chi connectivity index (χ0v) is 16.7. The highest BCUT2D eigenvalue weighted by atomic mass is 16.5. The van der Waals surface area contributed by atoms with Crippen LogP contribution in [0.15, 0.2) is 69.8 Å². The van der Waals surface area contributed by atoms with E-state index in [1.807, 2.05) is 31.2 Å². The molecule has 30 heavy (non-hydrogen) atoms. The average Bonchev–Trinajstić information content (AvgIpc) is 3.44. The topological polar surface area (TPSA) is 83.9 Å². The first-order valence-corrected chi connectivity index (χ1v) is 9.15. The lowest BCUT2D eigenvalue weighted by molar-refractivity contribution is 0.0702. The van der Waals surface area contributed by atoms with Gasteiger partial charge in [0.2, 0.25) is 5.76 Å². The van der Waals surface area contributed by atoms with Gasteiger partial charge in [-0.3, -0.25) is 0 Å². The summed E-state index contributed by atoms with van der Waals surface area (Å²) in [5.41, 5.74) is 2.94. The average molecular weight is 405 g/mol. The van der Waals surface area contributed by atoms with E-state index in [0.29, 0.717) is 22.8 Å². The normalized spacial score (nSPS) is 10.6. The fraction of sp³-hybridized carbons (Fsp3) is 0.130. The highest BCUT2D eigenvalue weighted by Gasteiger charge is 2.23. The van der Waals surface area contributed by atoms with E-state index in [2.05, 4.69) is 5.16 Å². The maximum atomic E-state index is 12.5. The van der Waals surface area contributed by atoms with E-state index in [-0.39, 0.29) is 11.5 Å². The van der Waals surface area contributed by atoms with Crippen LogP contribution in [0.1, 0.15) is 16.2 Å². The lowest BCUT2D eigenvalue weighted by Gasteiger charge is -2.11. The van der Waals surface area contributed by atoms with Crippen molar-refractivity contribution in [3.63, 3.8) is 0 Å². The van der Waals surface area contributed by atoms with E-state index in [0.717, 1.165) is 16.9 Å². The molecule has 0 aliphatic rings. The Morgan fingerprint density at radius 2 is 1.70 bits per heavy atom. The molecule has 4 aromatic rings. The second-order valence-corrected chi connectivity index (χ2v) is 6.43. The van der Waals surface area contributed by atoms with Gasteiger partial charge in [0, 0.05) is 6.07 Å². The number of carbonyl (C=O) groups is 1. The van der Waals surface area contributed by atoms with Crippen LogP contribution in [-0.4, -0.2) is 25.3 Å². The smallest absolute Gasteiger partial charge is 0.379 e. The Morgan fingerprint density at radius 1 is 0.967 bits per heavy atom. The van der Waals surface area contributed by atoms with Crippen molar-refractivity contribution in [3.8, 4) is 39.7 Å². The minimum absolute atomic E-state index is 0.0906. The summed E-state index contributed by atoms with van der Waals surface area (Å²) in [6.07, 6.45) is 1.41. The lowest BCUT2D eigenvalue weighted by Crippen LogP contribution is -2.08. The van der Waals surface area contributed by atoms with Crippen molar-refractivity contribution in [2.24, 2.45) is 0 Å². The molecule has 0 radical (unpaired) electrons. The first-order valence-electron chi connectivity index (χ1n) is 9.15. The van der Waals surface area contributed by atoms with Gasteiger partial charge < -0.3 is 23.2 Å². The Morgan fingerprint density at radius 3 is 2.37 bits per heavy atom. The Bertz CT molecular complexity index is 1160. The second kappa shape index (κ2) is 8.16. The molecule has 2 aromatic heterocycles. The van der Waals surface area contributed by atoms with E-state index < -0.39 is 5.97 Å². The van der Waals surface area contributed by atoms with Gasteiger partial charge in [-0.1, -0.05) is 17.3 Å². The lowest BCUT2D eigenvalue weighted by atomic mass is 9.99. The molecular weight excluding hydrogens is 386 g/mol. The Hall–Kier alpha value is -4.00. The van der Waals surface area contributed by atoms with Crippen LogP contribution in [0.25, 0.3) is 22.5 Å². The molecule has 2 heterocycles. The summed E-state index contributed by atoms with van der Waals surface area (Å²) >= 11 is 0. The van der Waals surface area contributed by atoms with Crippen molar-refractivity contribution in [2.75, 3.05) is 14.2 Å². The van der Waals surface area contributed by atoms with Crippen LogP contribution in [-0.2, 0) is 0 Å². The van der Waals surface area contributed by atoms with Crippen LogP contribution in [0.2, 0.25) is 0 Å². The first kappa shape index (κ1) is 19.3. The maximum Gasteiger partial charge on any atom is 0.379 e. The highest BCUT2D eigenvalue weighted by Crippen LogP contribution is 2.41. The monoisotopic (exact) mass is 405 g/mol. The molecule has 0 N–H and O–H groups in total. The minimum Gasteiger partial charge on any atom is -0.497 e. The standard InChI is InChI=1S/C23H19NO6/c1-14-21(15-6-8-16(26-2)9-7-15)22(30-24-14)18-11-10-17(27-3)13-20(18)29-23(25)19-5-4-12-28-19/h4-13H,1-3H3. The quantitative estimate of drug-likeness (QED) is 0.324. The van der Waals surface area contributed by atoms with E-state index in [9.17, 15) is 4.79 Å². The van der Waals surface area contributed by atoms with Crippen LogP contribution in [0.3, 0.4) is 0 Å². The van der Waals surface area contributed by atoms with Gasteiger partial charge in [0.15, 0.2) is 5.76 Å². The number of hydrogen-bond acceptors (Lipinski definition) is 7. The van der Waals surface area contributed by atoms with Gasteiger partial charge in [-0.2, -0.15) is 0 Å². The summed E-state index contributed by atoms with van der Waals surface area (Å²) < 4.78 is 26.9. The van der Waals surface area contributed by atoms with Crippen molar-refractivity contribution >= 4 is 5.97 Å². The Kier molecular flexibility index (Phi) is 5.26. The van der Waals surface area contributed by atoms with E-state index in [1.54, 1.807) is 31.4 Å². The summed E-state index contributed by atoms with van der Waals surface area (Å²) in [4.78, 5) is 12.5. The molecule has 0 fully saturated rings. The molecule has 2 aromatic carbocycles. The summed E-state index contributed by atoms with van der Waals surface area (Å²) in [5.74, 6) is 1.48. The van der Waals surface area contributed by atoms with Crippen LogP contribution >= 0.6 is 0 Å². The van der Waals surface area contributed by atoms with E-state index in [1.165, 1.54) is 19.4 Å². The van der Waals surface area contributed by atoms with Gasteiger partial charge in [0.05, 0.1) is 37.3 Å². The summed E-state index contributed by atoms with van der Waals surface area (Å²) in [6.45, 7) is 1.85. The molecule has 0 aliphatic heterocycles. The molecule has 0 spiro atoms. The number of aryl methyl sites for hydroxylation is 1. The fourth-order valence-electron chi connectivity index (χ4n) is 3.10. The number of ether oxygens (including phenoxy) is 3. The summed E-state index contributed by atoms with van der Waals surface area (Å²) in [7, 11) is 3.15. The van der Waals surface area contributed by atoms with Crippen LogP contribution < -0.4 is 14.2 Å². The molecule has 7 heteroatoms.